The third kappa shape index (κ3) is 5.70. The molecule has 1 spiro atoms. The van der Waals surface area contributed by atoms with Crippen LogP contribution < -0.4 is 10.6 Å². The van der Waals surface area contributed by atoms with Crippen molar-refractivity contribution in [3.8, 4) is 0 Å². The van der Waals surface area contributed by atoms with Crippen molar-refractivity contribution >= 4 is 29.0 Å². The van der Waals surface area contributed by atoms with Crippen LogP contribution in [0.2, 0.25) is 0 Å². The van der Waals surface area contributed by atoms with E-state index in [9.17, 15) is 23.9 Å². The molecule has 0 radical (unpaired) electrons. The molecule has 3 saturated carbocycles. The van der Waals surface area contributed by atoms with Crippen molar-refractivity contribution in [2.45, 2.75) is 70.8 Å². The summed E-state index contributed by atoms with van der Waals surface area (Å²) in [6.45, 7) is 6.40. The summed E-state index contributed by atoms with van der Waals surface area (Å²) >= 11 is 0. The lowest BCUT2D eigenvalue weighted by atomic mass is 9.92. The topological polar surface area (TPSA) is 120 Å². The van der Waals surface area contributed by atoms with Gasteiger partial charge in [0.15, 0.2) is 5.78 Å². The molecule has 2 saturated heterocycles. The van der Waals surface area contributed by atoms with Crippen LogP contribution in [0.15, 0.2) is 28.4 Å². The Morgan fingerprint density at radius 3 is 2.60 bits per heavy atom. The first-order valence-corrected chi connectivity index (χ1v) is 15.9. The zero-order chi connectivity index (χ0) is 30.5. The van der Waals surface area contributed by atoms with Gasteiger partial charge in [-0.05, 0) is 93.9 Å². The van der Waals surface area contributed by atoms with Crippen LogP contribution in [-0.4, -0.2) is 89.6 Å². The number of piperazine rings is 1. The number of rotatable bonds is 6. The Balaban J connectivity index is 1.13. The van der Waals surface area contributed by atoms with Gasteiger partial charge in [-0.1, -0.05) is 6.42 Å². The molecule has 10 heteroatoms. The van der Waals surface area contributed by atoms with Crippen LogP contribution in [0.1, 0.15) is 62.5 Å². The molecule has 3 aliphatic carbocycles. The molecule has 9 nitrogen and oxygen atoms in total. The van der Waals surface area contributed by atoms with Gasteiger partial charge in [-0.3, -0.25) is 19.4 Å². The fourth-order valence-corrected chi connectivity index (χ4v) is 7.61. The number of ketones is 1. The predicted octanol–water partition coefficient (Wildman–Crippen LogP) is 2.90. The minimum atomic E-state index is -0.461. The summed E-state index contributed by atoms with van der Waals surface area (Å²) in [6.07, 6.45) is 6.53. The number of hydrogen-bond donors (Lipinski definition) is 2. The number of hydrogen-bond acceptors (Lipinski definition) is 7. The molecule has 0 aromatic heterocycles. The summed E-state index contributed by atoms with van der Waals surface area (Å²) < 4.78 is 14.1. The Morgan fingerprint density at radius 1 is 1.07 bits per heavy atom. The first-order chi connectivity index (χ1) is 20.6. The number of nitrogens with two attached hydrogens (primary N) is 1. The average molecular weight is 594 g/mol. The number of allylic oxidation sites excluding steroid dienone is 1. The molecule has 2 aliphatic heterocycles. The molecule has 3 atom stereocenters. The van der Waals surface area contributed by atoms with E-state index in [0.29, 0.717) is 44.1 Å². The fraction of sp³-hybridized carbons (Fsp3) is 0.636. The van der Waals surface area contributed by atoms with Gasteiger partial charge in [-0.2, -0.15) is 0 Å². The maximum atomic E-state index is 14.1. The Morgan fingerprint density at radius 2 is 1.86 bits per heavy atom. The number of anilines is 1. The molecule has 1 aromatic rings. The van der Waals surface area contributed by atoms with Gasteiger partial charge in [0.05, 0.1) is 5.54 Å². The first-order valence-electron chi connectivity index (χ1n) is 15.9. The average Bonchev–Trinajstić information content (AvgIpc) is 3.90. The number of halogens is 1. The molecule has 3 N–H and O–H groups in total. The number of nitrogens with zero attached hydrogens (tertiary/aromatic N) is 4. The van der Waals surface area contributed by atoms with Gasteiger partial charge < -0.3 is 25.5 Å². The molecule has 1 aromatic carbocycles. The number of benzene rings is 1. The smallest absolute Gasteiger partial charge is 0.270 e. The van der Waals surface area contributed by atoms with Crippen LogP contribution in [0, 0.1) is 37.4 Å². The van der Waals surface area contributed by atoms with Crippen molar-refractivity contribution in [3.63, 3.8) is 0 Å². The summed E-state index contributed by atoms with van der Waals surface area (Å²) in [5.41, 5.74) is 10.9. The Labute approximate surface area is 253 Å². The number of aliphatic hydroxyl groups is 1. The number of amides is 2. The van der Waals surface area contributed by atoms with Crippen LogP contribution in [0.3, 0.4) is 0 Å². The Hall–Kier alpha value is -3.27. The summed E-state index contributed by atoms with van der Waals surface area (Å²) in [4.78, 5) is 50.0. The molecule has 43 heavy (non-hydrogen) atoms. The highest BCUT2D eigenvalue weighted by molar-refractivity contribution is 6.11. The van der Waals surface area contributed by atoms with Crippen LogP contribution in [-0.2, 0) is 14.4 Å². The molecule has 1 unspecified atom stereocenters. The number of carbonyl (C=O) groups is 3. The SMILES string of the molecule is Cc1c(F)ccc(N2CCN(C(=O)CN=C3C[C@H]4C[C@H]4/C3=C(/N)C(=O)N3CCCCC(C(=O)CO)CC3)C3(CC3)C2)c1C. The quantitative estimate of drug-likeness (QED) is 0.490. The molecule has 5 fully saturated rings. The summed E-state index contributed by atoms with van der Waals surface area (Å²) in [6, 6.07) is 3.38. The molecule has 0 bridgehead atoms. The predicted molar refractivity (Wildman–Crippen MR) is 162 cm³/mol. The minimum absolute atomic E-state index is 0.00448. The highest BCUT2D eigenvalue weighted by Crippen LogP contribution is 2.54. The molecule has 232 valence electrons. The number of likely N-dealkylation sites (tertiary alicyclic amines) is 1. The lowest BCUT2D eigenvalue weighted by Gasteiger charge is -2.43. The second-order valence-corrected chi connectivity index (χ2v) is 13.3. The van der Waals surface area contributed by atoms with Gasteiger partial charge >= 0.3 is 0 Å². The van der Waals surface area contributed by atoms with Gasteiger partial charge in [0.25, 0.3) is 5.91 Å². The second kappa shape index (κ2) is 11.7. The molecule has 2 amide bonds. The van der Waals surface area contributed by atoms with Gasteiger partial charge in [0.1, 0.15) is 24.7 Å². The largest absolute Gasteiger partial charge is 0.394 e. The Kier molecular flexibility index (Phi) is 8.08. The lowest BCUT2D eigenvalue weighted by Crippen LogP contribution is -2.57. The molecular weight excluding hydrogens is 549 g/mol. The van der Waals surface area contributed by atoms with Gasteiger partial charge in [-0.15, -0.1) is 0 Å². The normalized spacial score (nSPS) is 28.4. The standard InChI is InChI=1S/C33H44FN5O4/c1-20-21(2)27(7-6-25(20)34)38-13-14-39(33(19-38)9-10-33)29(42)17-36-26-16-23-15-24(23)30(26)31(35)32(43)37-11-4-3-5-22(8-12-37)28(41)18-40/h6-7,22-24,40H,3-5,8-19,35H2,1-2H3/b31-30-,36-26?/t22?,23-,24-/m1/s1. The van der Waals surface area contributed by atoms with Crippen LogP contribution in [0.5, 0.6) is 0 Å². The van der Waals surface area contributed by atoms with Crippen LogP contribution >= 0.6 is 0 Å². The third-order valence-corrected chi connectivity index (χ3v) is 10.7. The third-order valence-electron chi connectivity index (χ3n) is 10.7. The van der Waals surface area contributed by atoms with E-state index in [1.165, 1.54) is 6.07 Å². The van der Waals surface area contributed by atoms with Crippen molar-refractivity contribution in [1.82, 2.24) is 9.80 Å². The monoisotopic (exact) mass is 593 g/mol. The van der Waals surface area contributed by atoms with Crippen LogP contribution in [0.4, 0.5) is 10.1 Å². The van der Waals surface area contributed by atoms with Crippen LogP contribution in [0.25, 0.3) is 0 Å². The number of carbonyl (C=O) groups excluding carboxylic acids is 3. The summed E-state index contributed by atoms with van der Waals surface area (Å²) in [5, 5.41) is 9.30. The van der Waals surface area contributed by atoms with E-state index in [0.717, 1.165) is 74.0 Å². The van der Waals surface area contributed by atoms with E-state index in [2.05, 4.69) is 4.90 Å². The van der Waals surface area contributed by atoms with Crippen molar-refractivity contribution in [3.05, 3.63) is 40.3 Å². The van der Waals surface area contributed by atoms with Gasteiger partial charge in [0.2, 0.25) is 5.91 Å². The Bertz CT molecular complexity index is 1390. The zero-order valence-corrected chi connectivity index (χ0v) is 25.4. The van der Waals surface area contributed by atoms with Crippen molar-refractivity contribution in [2.75, 3.05) is 50.8 Å². The van der Waals surface area contributed by atoms with E-state index in [4.69, 9.17) is 10.7 Å². The highest BCUT2D eigenvalue weighted by Gasteiger charge is 2.54. The summed E-state index contributed by atoms with van der Waals surface area (Å²) in [5.74, 6) is -0.112. The number of fused-ring (bicyclic) bond motifs is 1. The van der Waals surface area contributed by atoms with E-state index in [1.807, 2.05) is 24.8 Å². The van der Waals surface area contributed by atoms with Gasteiger partial charge in [-0.25, -0.2) is 4.39 Å². The highest BCUT2D eigenvalue weighted by atomic mass is 19.1. The van der Waals surface area contributed by atoms with Crippen molar-refractivity contribution < 1.29 is 23.9 Å². The van der Waals surface area contributed by atoms with E-state index in [1.54, 1.807) is 4.90 Å². The number of Topliss-reactive ketones (excluding diaryl/α,β-unsaturated/α-hetero) is 1. The second-order valence-electron chi connectivity index (χ2n) is 13.3. The number of aliphatic hydroxyl groups excluding tert-OH is 1. The van der Waals surface area contributed by atoms with Crippen molar-refractivity contribution in [1.29, 1.82) is 0 Å². The van der Waals surface area contributed by atoms with Crippen molar-refractivity contribution in [2.24, 2.45) is 28.5 Å². The summed E-state index contributed by atoms with van der Waals surface area (Å²) in [7, 11) is 0. The maximum Gasteiger partial charge on any atom is 0.270 e. The maximum absolute atomic E-state index is 14.1. The van der Waals surface area contributed by atoms with E-state index >= 15 is 0 Å². The number of aliphatic imine (C=N–C) groups is 1. The lowest BCUT2D eigenvalue weighted by molar-refractivity contribution is -0.133. The van der Waals surface area contributed by atoms with E-state index < -0.39 is 6.61 Å². The molecule has 2 heterocycles. The molecular formula is C33H44FN5O4. The first kappa shape index (κ1) is 29.8. The van der Waals surface area contributed by atoms with Gasteiger partial charge in [0, 0.05) is 55.6 Å². The zero-order valence-electron chi connectivity index (χ0n) is 25.4. The fourth-order valence-electron chi connectivity index (χ4n) is 7.61. The van der Waals surface area contributed by atoms with E-state index in [-0.39, 0.29) is 53.0 Å². The molecule has 6 rings (SSSR count). The minimum Gasteiger partial charge on any atom is -0.394 e. The molecule has 5 aliphatic rings.